The Labute approximate surface area is 196 Å². The number of nitrogens with zero attached hydrogens (tertiary/aromatic N) is 3. The van der Waals surface area contributed by atoms with E-state index in [9.17, 15) is 4.79 Å². The Morgan fingerprint density at radius 3 is 2.91 bits per heavy atom. The Morgan fingerprint density at radius 1 is 1.31 bits per heavy atom. The SMILES string of the molecule is CCSc1nnc2c(n1)OC(c1cccc(OC)c1OCC(=O)O)Nc1ccc(Br)cc1-2. The first-order chi connectivity index (χ1) is 15.5. The van der Waals surface area contributed by atoms with E-state index < -0.39 is 18.8 Å². The van der Waals surface area contributed by atoms with Crippen molar-refractivity contribution in [2.24, 2.45) is 0 Å². The molecule has 1 aliphatic heterocycles. The third-order valence-electron chi connectivity index (χ3n) is 4.51. The number of aliphatic carboxylic acids is 1. The van der Waals surface area contributed by atoms with Crippen LogP contribution in [0.15, 0.2) is 46.0 Å². The molecule has 11 heteroatoms. The number of carboxylic acid groups (broad SMARTS) is 1. The lowest BCUT2D eigenvalue weighted by Gasteiger charge is -2.22. The number of hydrogen-bond acceptors (Lipinski definition) is 9. The molecule has 0 radical (unpaired) electrons. The molecule has 1 aromatic heterocycles. The van der Waals surface area contributed by atoms with Crippen molar-refractivity contribution in [3.8, 4) is 28.6 Å². The van der Waals surface area contributed by atoms with Crippen molar-refractivity contribution in [2.45, 2.75) is 18.3 Å². The molecular weight excluding hydrogens is 500 g/mol. The van der Waals surface area contributed by atoms with Crippen LogP contribution in [0.3, 0.4) is 0 Å². The highest BCUT2D eigenvalue weighted by Crippen LogP contribution is 2.43. The van der Waals surface area contributed by atoms with Crippen molar-refractivity contribution < 1.29 is 24.1 Å². The van der Waals surface area contributed by atoms with Gasteiger partial charge < -0.3 is 24.6 Å². The highest BCUT2D eigenvalue weighted by atomic mass is 79.9. The van der Waals surface area contributed by atoms with Crippen LogP contribution in [0.25, 0.3) is 11.3 Å². The average Bonchev–Trinajstić information content (AvgIpc) is 2.93. The summed E-state index contributed by atoms with van der Waals surface area (Å²) in [5, 5.41) is 21.5. The van der Waals surface area contributed by atoms with Crippen molar-refractivity contribution in [2.75, 3.05) is 24.8 Å². The van der Waals surface area contributed by atoms with Gasteiger partial charge in [-0.2, -0.15) is 4.98 Å². The molecule has 2 aromatic carbocycles. The number of anilines is 1. The maximum atomic E-state index is 11.1. The van der Waals surface area contributed by atoms with Crippen molar-refractivity contribution in [1.29, 1.82) is 0 Å². The molecule has 2 heterocycles. The van der Waals surface area contributed by atoms with E-state index >= 15 is 0 Å². The second kappa shape index (κ2) is 9.61. The highest BCUT2D eigenvalue weighted by Gasteiger charge is 2.29. The molecular formula is C21H19BrN4O5S. The van der Waals surface area contributed by atoms with Crippen LogP contribution in [0.4, 0.5) is 5.69 Å². The maximum absolute atomic E-state index is 11.1. The summed E-state index contributed by atoms with van der Waals surface area (Å²) in [6.45, 7) is 1.47. The number of rotatable bonds is 7. The van der Waals surface area contributed by atoms with Gasteiger partial charge in [0.25, 0.3) is 0 Å². The predicted molar refractivity (Wildman–Crippen MR) is 122 cm³/mol. The van der Waals surface area contributed by atoms with Gasteiger partial charge in [-0.25, -0.2) is 4.79 Å². The fourth-order valence-electron chi connectivity index (χ4n) is 3.19. The number of halogens is 1. The second-order valence-corrected chi connectivity index (χ2v) is 8.72. The number of hydrogen-bond donors (Lipinski definition) is 2. The summed E-state index contributed by atoms with van der Waals surface area (Å²) in [7, 11) is 1.49. The van der Waals surface area contributed by atoms with Crippen LogP contribution >= 0.6 is 27.7 Å². The van der Waals surface area contributed by atoms with E-state index in [0.29, 0.717) is 28.0 Å². The van der Waals surface area contributed by atoms with Gasteiger partial charge in [0, 0.05) is 15.7 Å². The maximum Gasteiger partial charge on any atom is 0.341 e. The third kappa shape index (κ3) is 4.58. The number of ether oxygens (including phenoxy) is 3. The van der Waals surface area contributed by atoms with E-state index in [0.717, 1.165) is 21.5 Å². The molecule has 4 rings (SSSR count). The normalized spacial score (nSPS) is 14.3. The molecule has 0 saturated heterocycles. The van der Waals surface area contributed by atoms with Gasteiger partial charge in [-0.05, 0) is 36.1 Å². The minimum Gasteiger partial charge on any atom is -0.493 e. The molecule has 0 spiro atoms. The molecule has 9 nitrogen and oxygen atoms in total. The number of benzene rings is 2. The summed E-state index contributed by atoms with van der Waals surface area (Å²) in [5.74, 6) is 0.639. The summed E-state index contributed by atoms with van der Waals surface area (Å²) < 4.78 is 18.1. The quantitative estimate of drug-likeness (QED) is 0.436. The summed E-state index contributed by atoms with van der Waals surface area (Å²) in [5.41, 5.74) is 2.56. The number of carbonyl (C=O) groups is 1. The van der Waals surface area contributed by atoms with E-state index in [1.54, 1.807) is 18.2 Å². The minimum atomic E-state index is -1.10. The monoisotopic (exact) mass is 518 g/mol. The van der Waals surface area contributed by atoms with Crippen LogP contribution in [-0.2, 0) is 4.79 Å². The molecule has 0 saturated carbocycles. The van der Waals surface area contributed by atoms with E-state index in [1.165, 1.54) is 18.9 Å². The number of nitrogens with one attached hydrogen (secondary N) is 1. The van der Waals surface area contributed by atoms with E-state index in [4.69, 9.17) is 19.3 Å². The molecule has 3 aromatic rings. The van der Waals surface area contributed by atoms with Gasteiger partial charge in [-0.1, -0.05) is 40.7 Å². The second-order valence-electron chi connectivity index (χ2n) is 6.57. The fraction of sp³-hybridized carbons (Fsp3) is 0.238. The van der Waals surface area contributed by atoms with Gasteiger partial charge in [0.2, 0.25) is 17.3 Å². The number of aromatic nitrogens is 3. The Hall–Kier alpha value is -3.05. The van der Waals surface area contributed by atoms with Crippen LogP contribution in [0.1, 0.15) is 18.7 Å². The molecule has 0 aliphatic carbocycles. The molecule has 0 amide bonds. The molecule has 1 unspecified atom stereocenters. The van der Waals surface area contributed by atoms with Crippen molar-refractivity contribution in [1.82, 2.24) is 15.2 Å². The van der Waals surface area contributed by atoms with Gasteiger partial charge in [0.1, 0.15) is 0 Å². The number of thioether (sulfide) groups is 1. The van der Waals surface area contributed by atoms with E-state index in [1.807, 2.05) is 25.1 Å². The Bertz CT molecular complexity index is 1160. The zero-order valence-corrected chi connectivity index (χ0v) is 19.6. The summed E-state index contributed by atoms with van der Waals surface area (Å²) in [6.07, 6.45) is -0.758. The zero-order chi connectivity index (χ0) is 22.7. The van der Waals surface area contributed by atoms with Crippen LogP contribution in [0.2, 0.25) is 0 Å². The lowest BCUT2D eigenvalue weighted by molar-refractivity contribution is -0.139. The molecule has 1 atom stereocenters. The first kappa shape index (κ1) is 22.2. The smallest absolute Gasteiger partial charge is 0.341 e. The molecule has 2 N–H and O–H groups in total. The molecule has 0 bridgehead atoms. The minimum absolute atomic E-state index is 0.266. The Kier molecular flexibility index (Phi) is 6.66. The van der Waals surface area contributed by atoms with Crippen LogP contribution in [0.5, 0.6) is 17.4 Å². The Morgan fingerprint density at radius 2 is 2.16 bits per heavy atom. The largest absolute Gasteiger partial charge is 0.493 e. The number of carboxylic acids is 1. The predicted octanol–water partition coefficient (Wildman–Crippen LogP) is 4.39. The summed E-state index contributed by atoms with van der Waals surface area (Å²) in [6, 6.07) is 10.9. The first-order valence-corrected chi connectivity index (χ1v) is 11.4. The number of para-hydroxylation sites is 1. The third-order valence-corrected chi connectivity index (χ3v) is 5.73. The summed E-state index contributed by atoms with van der Waals surface area (Å²) >= 11 is 4.95. The molecule has 32 heavy (non-hydrogen) atoms. The van der Waals surface area contributed by atoms with Gasteiger partial charge >= 0.3 is 5.97 Å². The van der Waals surface area contributed by atoms with Crippen LogP contribution in [-0.4, -0.2) is 45.7 Å². The van der Waals surface area contributed by atoms with Gasteiger partial charge in [-0.15, -0.1) is 10.2 Å². The Balaban J connectivity index is 1.84. The van der Waals surface area contributed by atoms with Gasteiger partial charge in [0.15, 0.2) is 23.8 Å². The van der Waals surface area contributed by atoms with Crippen LogP contribution in [0, 0.1) is 0 Å². The van der Waals surface area contributed by atoms with Crippen molar-refractivity contribution in [3.63, 3.8) is 0 Å². The van der Waals surface area contributed by atoms with Crippen LogP contribution < -0.4 is 19.5 Å². The number of fused-ring (bicyclic) bond motifs is 3. The van der Waals surface area contributed by atoms with E-state index in [2.05, 4.69) is 36.4 Å². The van der Waals surface area contributed by atoms with Crippen molar-refractivity contribution in [3.05, 3.63) is 46.4 Å². The summed E-state index contributed by atoms with van der Waals surface area (Å²) in [4.78, 5) is 15.7. The molecule has 0 fully saturated rings. The lowest BCUT2D eigenvalue weighted by atomic mass is 10.1. The topological polar surface area (TPSA) is 116 Å². The standard InChI is InChI=1S/C21H19BrN4O5S/c1-3-32-21-24-20-17(25-26-21)13-9-11(22)7-8-14(13)23-19(31-20)12-5-4-6-15(29-2)18(12)30-10-16(27)28/h4-9,19,23H,3,10H2,1-2H3,(H,27,28). The lowest BCUT2D eigenvalue weighted by Crippen LogP contribution is -2.20. The van der Waals surface area contributed by atoms with E-state index in [-0.39, 0.29) is 5.75 Å². The fourth-order valence-corrected chi connectivity index (χ4v) is 4.05. The molecule has 1 aliphatic rings. The zero-order valence-electron chi connectivity index (χ0n) is 17.2. The molecule has 166 valence electrons. The first-order valence-electron chi connectivity index (χ1n) is 9.62. The highest BCUT2D eigenvalue weighted by molar-refractivity contribution is 9.10. The number of methoxy groups -OCH3 is 1. The van der Waals surface area contributed by atoms with Gasteiger partial charge in [0.05, 0.1) is 12.7 Å². The average molecular weight is 519 g/mol. The van der Waals surface area contributed by atoms with Gasteiger partial charge in [-0.3, -0.25) is 0 Å². The van der Waals surface area contributed by atoms with Crippen molar-refractivity contribution >= 4 is 39.3 Å².